The van der Waals surface area contributed by atoms with Crippen molar-refractivity contribution in [2.24, 2.45) is 5.10 Å². The van der Waals surface area contributed by atoms with E-state index in [4.69, 9.17) is 14.2 Å². The van der Waals surface area contributed by atoms with Crippen molar-refractivity contribution in [1.82, 2.24) is 9.78 Å². The number of hydrogen-bond acceptors (Lipinski definition) is 11. The van der Waals surface area contributed by atoms with Gasteiger partial charge in [0, 0.05) is 0 Å². The van der Waals surface area contributed by atoms with Crippen LogP contribution >= 0.6 is 0 Å². The zero-order valence-corrected chi connectivity index (χ0v) is 22.1. The number of rotatable bonds is 8. The van der Waals surface area contributed by atoms with Gasteiger partial charge in [-0.05, 0) is 60.7 Å². The monoisotopic (exact) mass is 620 g/mol. The number of allylic oxidation sites excluding steroid dienone is 2. The van der Waals surface area contributed by atoms with Crippen LogP contribution in [0.3, 0.4) is 0 Å². The lowest BCUT2D eigenvalue weighted by molar-refractivity contribution is -0.129. The van der Waals surface area contributed by atoms with E-state index in [9.17, 15) is 41.4 Å². The largest absolute Gasteiger partial charge is 0.512 e. The molecule has 0 unspecified atom stereocenters. The van der Waals surface area contributed by atoms with Gasteiger partial charge in [0.1, 0.15) is 5.56 Å². The van der Waals surface area contributed by atoms with Crippen LogP contribution in [0.5, 0.6) is 11.8 Å². The topological polar surface area (TPSA) is 263 Å². The predicted octanol–water partition coefficient (Wildman–Crippen LogP) is 1.56. The highest BCUT2D eigenvalue weighted by Crippen LogP contribution is 2.32. The molecule has 1 aliphatic heterocycles. The van der Waals surface area contributed by atoms with Gasteiger partial charge in [0.25, 0.3) is 32.0 Å². The van der Waals surface area contributed by atoms with E-state index in [2.05, 4.69) is 14.9 Å². The highest BCUT2D eigenvalue weighted by Gasteiger charge is 2.35. The van der Waals surface area contributed by atoms with E-state index in [1.54, 1.807) is 0 Å². The van der Waals surface area contributed by atoms with Crippen LogP contribution in [0.2, 0.25) is 0 Å². The Bertz CT molecular complexity index is 1920. The number of carboxylic acids is 1. The minimum absolute atomic E-state index is 0.0232. The van der Waals surface area contributed by atoms with Gasteiger partial charge in [0.15, 0.2) is 5.71 Å². The van der Waals surface area contributed by atoms with Crippen molar-refractivity contribution in [2.45, 2.75) is 9.79 Å². The molecule has 42 heavy (non-hydrogen) atoms. The van der Waals surface area contributed by atoms with Crippen molar-refractivity contribution in [3.8, 4) is 17.4 Å². The molecule has 0 aliphatic carbocycles. The van der Waals surface area contributed by atoms with E-state index in [0.717, 1.165) is 71.4 Å². The normalized spacial score (nSPS) is 14.9. The molecule has 0 atom stereocenters. The number of aromatic nitrogens is 2. The first-order chi connectivity index (χ1) is 19.6. The minimum Gasteiger partial charge on any atom is -0.493 e. The fraction of sp³-hybridized carbons (Fsp3) is 0. The maximum atomic E-state index is 13.0. The van der Waals surface area contributed by atoms with Gasteiger partial charge in [-0.1, -0.05) is 6.08 Å². The Morgan fingerprint density at radius 3 is 1.86 bits per heavy atom. The average molecular weight is 621 g/mol. The van der Waals surface area contributed by atoms with E-state index in [0.29, 0.717) is 5.01 Å². The summed E-state index contributed by atoms with van der Waals surface area (Å²) in [7, 11) is -9.06. The molecule has 0 spiro atoms. The lowest BCUT2D eigenvalue weighted by atomic mass is 10.1. The third-order valence-electron chi connectivity index (χ3n) is 5.41. The van der Waals surface area contributed by atoms with Crippen LogP contribution in [0.25, 0.3) is 11.8 Å². The smallest absolute Gasteiger partial charge is 0.493 e. The van der Waals surface area contributed by atoms with Crippen molar-refractivity contribution < 1.29 is 60.4 Å². The standard InChI is InChI=1S/C23H16N4O13S2/c28-20-16(18(22(30)31)24-26(20)12-4-8-14(9-5-12)41(34,35)36)2-1-3-17-19(40-23(32)33)25-27(21(17)29)13-6-10-15(11-7-13)42(37,38)39/h1-11,29H,(H,30,31)(H,32,33)(H,34,35,36)(H,37,38,39). The third-order valence-corrected chi connectivity index (χ3v) is 7.15. The molecule has 17 nitrogen and oxygen atoms in total. The van der Waals surface area contributed by atoms with Gasteiger partial charge in [0.05, 0.1) is 26.7 Å². The second-order valence-corrected chi connectivity index (χ2v) is 10.9. The Morgan fingerprint density at radius 2 is 1.38 bits per heavy atom. The van der Waals surface area contributed by atoms with Crippen molar-refractivity contribution in [3.63, 3.8) is 0 Å². The quantitative estimate of drug-likeness (QED) is 0.136. The summed E-state index contributed by atoms with van der Waals surface area (Å²) < 4.78 is 68.7. The van der Waals surface area contributed by atoms with E-state index in [1.165, 1.54) is 0 Å². The molecule has 0 bridgehead atoms. The summed E-state index contributed by atoms with van der Waals surface area (Å²) in [5.74, 6) is -3.89. The Hall–Kier alpha value is -5.37. The molecule has 0 fully saturated rings. The first kappa shape index (κ1) is 29.6. The summed E-state index contributed by atoms with van der Waals surface area (Å²) in [4.78, 5) is 34.9. The maximum absolute atomic E-state index is 13.0. The number of ether oxygens (including phenoxy) is 1. The van der Waals surface area contributed by atoms with Crippen molar-refractivity contribution in [2.75, 3.05) is 5.01 Å². The number of hydrazone groups is 1. The minimum atomic E-state index is -4.53. The number of nitrogens with zero attached hydrogens (tertiary/aromatic N) is 4. The molecule has 1 amide bonds. The summed E-state index contributed by atoms with van der Waals surface area (Å²) in [6.07, 6.45) is 1.28. The molecule has 2 aromatic carbocycles. The number of aromatic hydroxyl groups is 1. The number of carbonyl (C=O) groups excluding carboxylic acids is 1. The summed E-state index contributed by atoms with van der Waals surface area (Å²) in [5, 5.41) is 37.5. The van der Waals surface area contributed by atoms with Crippen LogP contribution in [0.15, 0.2) is 81.1 Å². The van der Waals surface area contributed by atoms with Gasteiger partial charge in [0.2, 0.25) is 5.88 Å². The third kappa shape index (κ3) is 6.02. The van der Waals surface area contributed by atoms with Crippen LogP contribution in [-0.2, 0) is 29.8 Å². The number of carbonyl (C=O) groups is 3. The zero-order valence-electron chi connectivity index (χ0n) is 20.5. The Morgan fingerprint density at radius 1 is 0.857 bits per heavy atom. The van der Waals surface area contributed by atoms with E-state index in [-0.39, 0.29) is 16.9 Å². The van der Waals surface area contributed by atoms with Crippen LogP contribution in [0.1, 0.15) is 5.56 Å². The molecular formula is C23H16N4O13S2. The SMILES string of the molecule is O=C(O)Oc1nn(-c2ccc(S(=O)(=O)O)cc2)c(O)c1C=CC=C1C(=O)N(c2ccc(S(=O)(=O)O)cc2)N=C1C(=O)O. The second kappa shape index (κ2) is 10.9. The summed E-state index contributed by atoms with van der Waals surface area (Å²) in [6, 6.07) is 8.40. The molecule has 0 saturated heterocycles. The lowest BCUT2D eigenvalue weighted by Gasteiger charge is -2.11. The molecule has 0 saturated carbocycles. The van der Waals surface area contributed by atoms with Gasteiger partial charge >= 0.3 is 12.1 Å². The fourth-order valence-corrected chi connectivity index (χ4v) is 4.50. The van der Waals surface area contributed by atoms with Crippen LogP contribution in [0.4, 0.5) is 10.5 Å². The van der Waals surface area contributed by atoms with Gasteiger partial charge in [-0.25, -0.2) is 9.59 Å². The number of anilines is 1. The number of aliphatic carboxylic acids is 1. The summed E-state index contributed by atoms with van der Waals surface area (Å²) >= 11 is 0. The first-order valence-corrected chi connectivity index (χ1v) is 13.9. The van der Waals surface area contributed by atoms with Gasteiger partial charge in [-0.15, -0.1) is 5.10 Å². The van der Waals surface area contributed by atoms with E-state index in [1.807, 2.05) is 0 Å². The fourth-order valence-electron chi connectivity index (χ4n) is 3.54. The Kier molecular flexibility index (Phi) is 7.68. The van der Waals surface area contributed by atoms with Crippen molar-refractivity contribution in [1.29, 1.82) is 0 Å². The van der Waals surface area contributed by atoms with E-state index >= 15 is 0 Å². The molecule has 1 aliphatic rings. The highest BCUT2D eigenvalue weighted by molar-refractivity contribution is 7.86. The highest BCUT2D eigenvalue weighted by atomic mass is 32.2. The van der Waals surface area contributed by atoms with Crippen molar-refractivity contribution in [3.05, 3.63) is 71.8 Å². The Labute approximate surface area is 235 Å². The van der Waals surface area contributed by atoms with Crippen LogP contribution < -0.4 is 9.75 Å². The van der Waals surface area contributed by atoms with Crippen LogP contribution in [-0.4, -0.2) is 74.8 Å². The van der Waals surface area contributed by atoms with E-state index < -0.39 is 71.1 Å². The molecule has 5 N–H and O–H groups in total. The molecule has 3 aromatic rings. The summed E-state index contributed by atoms with van der Waals surface area (Å²) in [5.41, 5.74) is -1.51. The lowest BCUT2D eigenvalue weighted by Crippen LogP contribution is -2.22. The molecule has 0 radical (unpaired) electrons. The van der Waals surface area contributed by atoms with Crippen LogP contribution in [0, 0.1) is 0 Å². The first-order valence-electron chi connectivity index (χ1n) is 11.0. The number of amides is 1. The molecule has 218 valence electrons. The maximum Gasteiger partial charge on any atom is 0.512 e. The predicted molar refractivity (Wildman–Crippen MR) is 140 cm³/mol. The van der Waals surface area contributed by atoms with Gasteiger partial charge in [-0.2, -0.15) is 31.6 Å². The number of benzene rings is 2. The molecule has 4 rings (SSSR count). The Balaban J connectivity index is 1.69. The molecule has 19 heteroatoms. The molecule has 1 aromatic heterocycles. The average Bonchev–Trinajstić information content (AvgIpc) is 3.39. The number of hydrogen-bond donors (Lipinski definition) is 5. The van der Waals surface area contributed by atoms with Gasteiger partial charge < -0.3 is 20.1 Å². The summed E-state index contributed by atoms with van der Waals surface area (Å²) in [6.45, 7) is 0. The number of carboxylic acid groups (broad SMARTS) is 2. The molecular weight excluding hydrogens is 604 g/mol. The van der Waals surface area contributed by atoms with Crippen molar-refractivity contribution >= 4 is 55.7 Å². The molecule has 2 heterocycles. The van der Waals surface area contributed by atoms with Gasteiger partial charge in [-0.3, -0.25) is 13.9 Å². The zero-order chi connectivity index (χ0) is 31.0. The second-order valence-electron chi connectivity index (χ2n) is 8.07.